The number of anilines is 1. The number of halogens is 1. The molecular weight excluding hydrogens is 508 g/mol. The Morgan fingerprint density at radius 3 is 2.39 bits per heavy atom. The van der Waals surface area contributed by atoms with Crippen molar-refractivity contribution in [3.8, 4) is 0 Å². The van der Waals surface area contributed by atoms with E-state index in [4.69, 9.17) is 11.6 Å². The summed E-state index contributed by atoms with van der Waals surface area (Å²) in [5, 5.41) is 14.7. The third kappa shape index (κ3) is 7.17. The third-order valence-corrected chi connectivity index (χ3v) is 7.54. The monoisotopic (exact) mass is 536 g/mol. The zero-order chi connectivity index (χ0) is 26.5. The molecule has 10 nitrogen and oxygen atoms in total. The molecule has 2 aromatic rings. The quantitative estimate of drug-likeness (QED) is 0.365. The van der Waals surface area contributed by atoms with Crippen LogP contribution in [0, 0.1) is 10.1 Å². The highest BCUT2D eigenvalue weighted by atomic mass is 35.5. The van der Waals surface area contributed by atoms with Crippen molar-refractivity contribution >= 4 is 44.8 Å². The van der Waals surface area contributed by atoms with Crippen molar-refractivity contribution in [2.24, 2.45) is 0 Å². The molecular formula is C24H29ClN4O6S. The summed E-state index contributed by atoms with van der Waals surface area (Å²) in [6.45, 7) is 1.01. The number of nitro benzene ring substituents is 1. The molecule has 0 unspecified atom stereocenters. The van der Waals surface area contributed by atoms with Crippen LogP contribution >= 0.6 is 11.6 Å². The van der Waals surface area contributed by atoms with Crippen LogP contribution in [-0.2, 0) is 26.2 Å². The molecule has 36 heavy (non-hydrogen) atoms. The Morgan fingerprint density at radius 2 is 1.81 bits per heavy atom. The number of amides is 2. The van der Waals surface area contributed by atoms with Gasteiger partial charge in [0.15, 0.2) is 0 Å². The molecule has 3 rings (SSSR count). The van der Waals surface area contributed by atoms with E-state index in [0.29, 0.717) is 10.6 Å². The van der Waals surface area contributed by atoms with Crippen LogP contribution in [0.3, 0.4) is 0 Å². The minimum Gasteiger partial charge on any atom is -0.352 e. The van der Waals surface area contributed by atoms with Crippen LogP contribution < -0.4 is 9.62 Å². The smallest absolute Gasteiger partial charge is 0.271 e. The van der Waals surface area contributed by atoms with Crippen molar-refractivity contribution in [1.82, 2.24) is 10.2 Å². The Bertz CT molecular complexity index is 1220. The van der Waals surface area contributed by atoms with Gasteiger partial charge in [0.1, 0.15) is 12.6 Å². The molecule has 0 heterocycles. The number of nitrogens with one attached hydrogen (secondary N) is 1. The summed E-state index contributed by atoms with van der Waals surface area (Å²) in [5.41, 5.74) is 0.375. The maximum Gasteiger partial charge on any atom is 0.271 e. The Balaban J connectivity index is 1.90. The van der Waals surface area contributed by atoms with Gasteiger partial charge in [-0.2, -0.15) is 0 Å². The summed E-state index contributed by atoms with van der Waals surface area (Å²) in [4.78, 5) is 38.4. The number of non-ortho nitro benzene ring substituents is 1. The molecule has 1 N–H and O–H groups in total. The van der Waals surface area contributed by atoms with E-state index in [1.54, 1.807) is 31.2 Å². The molecule has 2 aromatic carbocycles. The van der Waals surface area contributed by atoms with E-state index in [9.17, 15) is 28.1 Å². The Morgan fingerprint density at radius 1 is 1.17 bits per heavy atom. The third-order valence-electron chi connectivity index (χ3n) is 6.14. The summed E-state index contributed by atoms with van der Waals surface area (Å²) in [6, 6.07) is 11.0. The lowest BCUT2D eigenvalue weighted by Crippen LogP contribution is -2.52. The van der Waals surface area contributed by atoms with Gasteiger partial charge in [0.25, 0.3) is 5.69 Å². The fourth-order valence-corrected chi connectivity index (χ4v) is 5.10. The van der Waals surface area contributed by atoms with Crippen LogP contribution in [0.15, 0.2) is 48.5 Å². The van der Waals surface area contributed by atoms with Gasteiger partial charge in [0.2, 0.25) is 21.8 Å². The predicted molar refractivity (Wildman–Crippen MR) is 137 cm³/mol. The second-order valence-electron chi connectivity index (χ2n) is 8.86. The van der Waals surface area contributed by atoms with Crippen molar-refractivity contribution in [3.05, 3.63) is 69.2 Å². The van der Waals surface area contributed by atoms with Crippen LogP contribution in [0.1, 0.15) is 38.2 Å². The highest BCUT2D eigenvalue weighted by Gasteiger charge is 2.31. The minimum atomic E-state index is -3.99. The number of carbonyl (C=O) groups excluding carboxylic acids is 2. The molecule has 0 spiro atoms. The van der Waals surface area contributed by atoms with E-state index in [2.05, 4.69) is 5.32 Å². The second kappa shape index (κ2) is 11.7. The topological polar surface area (TPSA) is 130 Å². The molecule has 0 saturated heterocycles. The van der Waals surface area contributed by atoms with E-state index in [1.807, 2.05) is 0 Å². The fraction of sp³-hybridized carbons (Fsp3) is 0.417. The van der Waals surface area contributed by atoms with Crippen LogP contribution in [0.25, 0.3) is 0 Å². The first-order valence-electron chi connectivity index (χ1n) is 11.5. The first kappa shape index (κ1) is 27.4. The maximum atomic E-state index is 13.5. The van der Waals surface area contributed by atoms with Gasteiger partial charge in [-0.15, -0.1) is 0 Å². The average molecular weight is 537 g/mol. The molecule has 1 saturated carbocycles. The van der Waals surface area contributed by atoms with Gasteiger partial charge in [-0.1, -0.05) is 42.6 Å². The number of hydrogen-bond donors (Lipinski definition) is 1. The second-order valence-corrected chi connectivity index (χ2v) is 11.2. The molecule has 0 bridgehead atoms. The van der Waals surface area contributed by atoms with Crippen molar-refractivity contribution in [3.63, 3.8) is 0 Å². The minimum absolute atomic E-state index is 0.0189. The SMILES string of the molecule is C[C@H](C(=O)NC1CCCC1)N(Cc1ccc(Cl)cc1)C(=O)CN(c1cccc([N+](=O)[O-])c1)S(C)(=O)=O. The predicted octanol–water partition coefficient (Wildman–Crippen LogP) is 3.49. The Hall–Kier alpha value is -3.18. The largest absolute Gasteiger partial charge is 0.352 e. The summed E-state index contributed by atoms with van der Waals surface area (Å²) >= 11 is 5.97. The number of rotatable bonds is 10. The Kier molecular flexibility index (Phi) is 8.91. The number of sulfonamides is 1. The van der Waals surface area contributed by atoms with Crippen LogP contribution in [-0.4, -0.2) is 54.9 Å². The molecule has 12 heteroatoms. The highest BCUT2D eigenvalue weighted by molar-refractivity contribution is 7.92. The van der Waals surface area contributed by atoms with E-state index in [0.717, 1.165) is 42.3 Å². The lowest BCUT2D eigenvalue weighted by Gasteiger charge is -2.32. The van der Waals surface area contributed by atoms with Crippen molar-refractivity contribution in [2.45, 2.75) is 51.2 Å². The number of benzene rings is 2. The fourth-order valence-electron chi connectivity index (χ4n) is 4.14. The Labute approximate surface area is 215 Å². The number of hydrogen-bond acceptors (Lipinski definition) is 6. The molecule has 1 aliphatic rings. The number of nitro groups is 1. The molecule has 0 aromatic heterocycles. The van der Waals surface area contributed by atoms with Gasteiger partial charge in [-0.25, -0.2) is 8.42 Å². The number of nitrogens with zero attached hydrogens (tertiary/aromatic N) is 3. The van der Waals surface area contributed by atoms with Crippen molar-refractivity contribution in [1.29, 1.82) is 0 Å². The van der Waals surface area contributed by atoms with Crippen LogP contribution in [0.4, 0.5) is 11.4 Å². The molecule has 0 aliphatic heterocycles. The lowest BCUT2D eigenvalue weighted by atomic mass is 10.1. The van der Waals surface area contributed by atoms with Crippen molar-refractivity contribution in [2.75, 3.05) is 17.1 Å². The zero-order valence-corrected chi connectivity index (χ0v) is 21.7. The zero-order valence-electron chi connectivity index (χ0n) is 20.1. The van der Waals surface area contributed by atoms with E-state index in [-0.39, 0.29) is 29.9 Å². The van der Waals surface area contributed by atoms with E-state index < -0.39 is 33.4 Å². The van der Waals surface area contributed by atoms with Gasteiger partial charge in [0, 0.05) is 29.7 Å². The molecule has 1 fully saturated rings. The van der Waals surface area contributed by atoms with Gasteiger partial charge in [-0.05, 0) is 43.5 Å². The highest BCUT2D eigenvalue weighted by Crippen LogP contribution is 2.24. The summed E-state index contributed by atoms with van der Waals surface area (Å²) in [7, 11) is -3.99. The molecule has 194 valence electrons. The summed E-state index contributed by atoms with van der Waals surface area (Å²) < 4.78 is 26.0. The first-order chi connectivity index (χ1) is 17.0. The van der Waals surface area contributed by atoms with Crippen molar-refractivity contribution < 1.29 is 22.9 Å². The van der Waals surface area contributed by atoms with Gasteiger partial charge < -0.3 is 10.2 Å². The molecule has 1 aliphatic carbocycles. The molecule has 1 atom stereocenters. The van der Waals surface area contributed by atoms with Gasteiger partial charge in [-0.3, -0.25) is 24.0 Å². The average Bonchev–Trinajstić information content (AvgIpc) is 3.34. The van der Waals surface area contributed by atoms with Crippen LogP contribution in [0.5, 0.6) is 0 Å². The van der Waals surface area contributed by atoms with Gasteiger partial charge >= 0.3 is 0 Å². The van der Waals surface area contributed by atoms with Crippen LogP contribution in [0.2, 0.25) is 5.02 Å². The van der Waals surface area contributed by atoms with Gasteiger partial charge in [0.05, 0.1) is 16.9 Å². The molecule has 0 radical (unpaired) electrons. The summed E-state index contributed by atoms with van der Waals surface area (Å²) in [6.07, 6.45) is 4.72. The lowest BCUT2D eigenvalue weighted by molar-refractivity contribution is -0.384. The normalized spacial score (nSPS) is 14.8. The van der Waals surface area contributed by atoms with E-state index >= 15 is 0 Å². The number of carbonyl (C=O) groups is 2. The maximum absolute atomic E-state index is 13.5. The molecule has 2 amide bonds. The van der Waals surface area contributed by atoms with E-state index in [1.165, 1.54) is 23.1 Å². The standard InChI is InChI=1S/C24H29ClN4O6S/c1-17(24(31)26-20-6-3-4-7-20)27(15-18-10-12-19(25)13-11-18)23(30)16-28(36(2,34)35)21-8-5-9-22(14-21)29(32)33/h5,8-14,17,20H,3-4,6-7,15-16H2,1-2H3,(H,26,31)/t17-/m1/s1. The summed E-state index contributed by atoms with van der Waals surface area (Å²) in [5.74, 6) is -0.957. The first-order valence-corrected chi connectivity index (χ1v) is 13.7.